The molecule has 1 aromatic rings. The molecule has 2 rings (SSSR count). The Labute approximate surface area is 137 Å². The van der Waals surface area contributed by atoms with Crippen LogP contribution in [0.2, 0.25) is 0 Å². The summed E-state index contributed by atoms with van der Waals surface area (Å²) in [4.78, 5) is 10.6. The van der Waals surface area contributed by atoms with Gasteiger partial charge in [-0.05, 0) is 30.4 Å². The molecule has 3 N–H and O–H groups in total. The lowest BCUT2D eigenvalue weighted by molar-refractivity contribution is -0.137. The van der Waals surface area contributed by atoms with E-state index in [1.807, 2.05) is 25.1 Å². The molecule has 0 spiro atoms. The fourth-order valence-electron chi connectivity index (χ4n) is 2.79. The van der Waals surface area contributed by atoms with Crippen LogP contribution in [0.4, 0.5) is 0 Å². The van der Waals surface area contributed by atoms with Crippen molar-refractivity contribution < 1.29 is 19.7 Å². The molecule has 5 heteroatoms. The van der Waals surface area contributed by atoms with Gasteiger partial charge in [0, 0.05) is 18.0 Å². The number of fused-ring (bicyclic) bond motifs is 1. The Bertz CT molecular complexity index is 565. The molecule has 1 unspecified atom stereocenters. The van der Waals surface area contributed by atoms with Crippen molar-refractivity contribution in [1.82, 2.24) is 5.32 Å². The Morgan fingerprint density at radius 2 is 2.13 bits per heavy atom. The first-order valence-corrected chi connectivity index (χ1v) is 8.11. The third kappa shape index (κ3) is 4.45. The van der Waals surface area contributed by atoms with Crippen molar-refractivity contribution in [3.8, 4) is 5.75 Å². The quantitative estimate of drug-likeness (QED) is 0.777. The maximum atomic E-state index is 10.6. The number of aliphatic hydroxyl groups is 1. The SMILES string of the molecule is CC(CCC(=O)O)N[C@@H]1COc2cc(C(C)(C)C)ccc2[C@@H]1O. The van der Waals surface area contributed by atoms with Crippen LogP contribution in [0, 0.1) is 0 Å². The largest absolute Gasteiger partial charge is 0.491 e. The summed E-state index contributed by atoms with van der Waals surface area (Å²) < 4.78 is 5.83. The smallest absolute Gasteiger partial charge is 0.303 e. The number of aliphatic carboxylic acids is 1. The molecule has 0 fully saturated rings. The Kier molecular flexibility index (Phi) is 5.32. The van der Waals surface area contributed by atoms with Gasteiger partial charge in [-0.1, -0.05) is 32.9 Å². The van der Waals surface area contributed by atoms with Gasteiger partial charge in [-0.2, -0.15) is 0 Å². The number of hydrogen-bond donors (Lipinski definition) is 3. The molecule has 23 heavy (non-hydrogen) atoms. The van der Waals surface area contributed by atoms with Crippen molar-refractivity contribution in [3.05, 3.63) is 29.3 Å². The molecule has 0 saturated heterocycles. The highest BCUT2D eigenvalue weighted by atomic mass is 16.5. The van der Waals surface area contributed by atoms with Crippen LogP contribution < -0.4 is 10.1 Å². The van der Waals surface area contributed by atoms with Crippen molar-refractivity contribution in [2.24, 2.45) is 0 Å². The Morgan fingerprint density at radius 1 is 1.43 bits per heavy atom. The van der Waals surface area contributed by atoms with Gasteiger partial charge in [-0.15, -0.1) is 0 Å². The first-order chi connectivity index (χ1) is 10.7. The lowest BCUT2D eigenvalue weighted by atomic mass is 9.85. The van der Waals surface area contributed by atoms with E-state index < -0.39 is 12.1 Å². The maximum absolute atomic E-state index is 10.6. The number of benzene rings is 1. The third-order valence-electron chi connectivity index (χ3n) is 4.29. The van der Waals surface area contributed by atoms with E-state index in [9.17, 15) is 9.90 Å². The lowest BCUT2D eigenvalue weighted by Crippen LogP contribution is -2.46. The van der Waals surface area contributed by atoms with Gasteiger partial charge >= 0.3 is 5.97 Å². The van der Waals surface area contributed by atoms with E-state index in [0.717, 1.165) is 11.3 Å². The molecule has 0 bridgehead atoms. The van der Waals surface area contributed by atoms with Crippen LogP contribution >= 0.6 is 0 Å². The van der Waals surface area contributed by atoms with Gasteiger partial charge in [0.2, 0.25) is 0 Å². The molecule has 0 saturated carbocycles. The number of nitrogens with one attached hydrogen (secondary N) is 1. The zero-order chi connectivity index (χ0) is 17.2. The van der Waals surface area contributed by atoms with E-state index >= 15 is 0 Å². The topological polar surface area (TPSA) is 78.8 Å². The number of carboxylic acids is 1. The number of carbonyl (C=O) groups is 1. The van der Waals surface area contributed by atoms with Gasteiger partial charge in [-0.3, -0.25) is 4.79 Å². The van der Waals surface area contributed by atoms with Crippen molar-refractivity contribution >= 4 is 5.97 Å². The zero-order valence-electron chi connectivity index (χ0n) is 14.3. The van der Waals surface area contributed by atoms with E-state index in [4.69, 9.17) is 9.84 Å². The normalized spacial score (nSPS) is 22.1. The van der Waals surface area contributed by atoms with Crippen LogP contribution in [0.3, 0.4) is 0 Å². The Balaban J connectivity index is 2.06. The summed E-state index contributed by atoms with van der Waals surface area (Å²) in [7, 11) is 0. The summed E-state index contributed by atoms with van der Waals surface area (Å²) in [5, 5.41) is 22.6. The lowest BCUT2D eigenvalue weighted by Gasteiger charge is -2.34. The maximum Gasteiger partial charge on any atom is 0.303 e. The molecule has 5 nitrogen and oxygen atoms in total. The van der Waals surface area contributed by atoms with Crippen LogP contribution in [0.5, 0.6) is 5.75 Å². The van der Waals surface area contributed by atoms with E-state index in [0.29, 0.717) is 13.0 Å². The van der Waals surface area contributed by atoms with Crippen molar-refractivity contribution in [2.75, 3.05) is 6.61 Å². The van der Waals surface area contributed by atoms with E-state index in [1.54, 1.807) is 0 Å². The molecule has 0 aliphatic carbocycles. The highest BCUT2D eigenvalue weighted by molar-refractivity contribution is 5.66. The summed E-state index contributed by atoms with van der Waals surface area (Å²) in [6, 6.07) is 5.73. The van der Waals surface area contributed by atoms with Crippen LogP contribution in [-0.2, 0) is 10.2 Å². The molecule has 1 aliphatic rings. The molecule has 1 aliphatic heterocycles. The Morgan fingerprint density at radius 3 is 2.74 bits per heavy atom. The molecule has 1 aromatic carbocycles. The first-order valence-electron chi connectivity index (χ1n) is 8.11. The fourth-order valence-corrected chi connectivity index (χ4v) is 2.79. The molecule has 0 radical (unpaired) electrons. The van der Waals surface area contributed by atoms with Crippen LogP contribution in [0.25, 0.3) is 0 Å². The minimum absolute atomic E-state index is 0.00440. The average molecular weight is 321 g/mol. The highest BCUT2D eigenvalue weighted by Crippen LogP contribution is 2.36. The second-order valence-corrected chi connectivity index (χ2v) is 7.37. The number of rotatable bonds is 5. The first kappa shape index (κ1) is 17.8. The van der Waals surface area contributed by atoms with Gasteiger partial charge in [0.25, 0.3) is 0 Å². The third-order valence-corrected chi connectivity index (χ3v) is 4.29. The van der Waals surface area contributed by atoms with Crippen molar-refractivity contribution in [2.45, 2.75) is 64.1 Å². The number of aliphatic hydroxyl groups excluding tert-OH is 1. The molecule has 3 atom stereocenters. The van der Waals surface area contributed by atoms with Gasteiger partial charge in [0.1, 0.15) is 18.5 Å². The number of ether oxygens (including phenoxy) is 1. The van der Waals surface area contributed by atoms with Gasteiger partial charge in [-0.25, -0.2) is 0 Å². The summed E-state index contributed by atoms with van der Waals surface area (Å²) in [6.07, 6.45) is -0.0161. The van der Waals surface area contributed by atoms with Gasteiger partial charge in [0.15, 0.2) is 0 Å². The number of carboxylic acid groups (broad SMARTS) is 1. The second-order valence-electron chi connectivity index (χ2n) is 7.37. The van der Waals surface area contributed by atoms with Gasteiger partial charge in [0.05, 0.1) is 6.04 Å². The summed E-state index contributed by atoms with van der Waals surface area (Å²) in [5.41, 5.74) is 1.99. The predicted molar refractivity (Wildman–Crippen MR) is 88.9 cm³/mol. The van der Waals surface area contributed by atoms with E-state index in [2.05, 4.69) is 26.1 Å². The second kappa shape index (κ2) is 6.89. The minimum Gasteiger partial charge on any atom is -0.491 e. The fraction of sp³-hybridized carbons (Fsp3) is 0.611. The Hall–Kier alpha value is -1.59. The highest BCUT2D eigenvalue weighted by Gasteiger charge is 2.31. The molecule has 128 valence electrons. The summed E-state index contributed by atoms with van der Waals surface area (Å²) >= 11 is 0. The van der Waals surface area contributed by atoms with E-state index in [-0.39, 0.29) is 23.9 Å². The van der Waals surface area contributed by atoms with Crippen LogP contribution in [0.15, 0.2) is 18.2 Å². The molecular formula is C18H27NO4. The monoisotopic (exact) mass is 321 g/mol. The standard InChI is InChI=1S/C18H27NO4/c1-11(5-8-16(20)21)19-14-10-23-15-9-12(18(2,3)4)6-7-13(15)17(14)22/h6-7,9,11,14,17,19,22H,5,8,10H2,1-4H3,(H,20,21)/t11?,14-,17+/m1/s1. The number of hydrogen-bond acceptors (Lipinski definition) is 4. The predicted octanol–water partition coefficient (Wildman–Crippen LogP) is 2.62. The van der Waals surface area contributed by atoms with Crippen molar-refractivity contribution in [3.63, 3.8) is 0 Å². The molecule has 1 heterocycles. The summed E-state index contributed by atoms with van der Waals surface area (Å²) in [6.45, 7) is 8.72. The average Bonchev–Trinajstić information content (AvgIpc) is 2.47. The molecular weight excluding hydrogens is 294 g/mol. The minimum atomic E-state index is -0.806. The van der Waals surface area contributed by atoms with Crippen molar-refractivity contribution in [1.29, 1.82) is 0 Å². The van der Waals surface area contributed by atoms with Crippen LogP contribution in [-0.4, -0.2) is 34.9 Å². The van der Waals surface area contributed by atoms with Gasteiger partial charge < -0.3 is 20.3 Å². The van der Waals surface area contributed by atoms with E-state index in [1.165, 1.54) is 5.56 Å². The summed E-state index contributed by atoms with van der Waals surface area (Å²) in [5.74, 6) is -0.0692. The molecule has 0 amide bonds. The zero-order valence-corrected chi connectivity index (χ0v) is 14.3. The van der Waals surface area contributed by atoms with Crippen LogP contribution in [0.1, 0.15) is 57.8 Å². The molecule has 0 aromatic heterocycles.